The quantitative estimate of drug-likeness (QED) is 0.850. The molecular weight excluding hydrogens is 315 g/mol. The highest BCUT2D eigenvalue weighted by molar-refractivity contribution is 7.94. The molecule has 1 aromatic carbocycles. The molecule has 2 rings (SSSR count). The van der Waals surface area contributed by atoms with Crippen molar-refractivity contribution in [3.05, 3.63) is 39.7 Å². The first kappa shape index (κ1) is 13.5. The number of halogens is 2. The number of anilines is 2. The fraction of sp³-hybridized carbons (Fsp3) is 0. The van der Waals surface area contributed by atoms with Gasteiger partial charge in [-0.25, -0.2) is 8.42 Å². The van der Waals surface area contributed by atoms with Gasteiger partial charge in [0.05, 0.1) is 20.7 Å². The number of thiophene rings is 1. The molecule has 18 heavy (non-hydrogen) atoms. The fourth-order valence-corrected chi connectivity index (χ4v) is 3.95. The van der Waals surface area contributed by atoms with Crippen LogP contribution in [-0.4, -0.2) is 8.42 Å². The first-order valence-electron chi connectivity index (χ1n) is 4.72. The van der Waals surface area contributed by atoms with Crippen molar-refractivity contribution in [2.75, 3.05) is 10.5 Å². The first-order valence-corrected chi connectivity index (χ1v) is 7.77. The number of rotatable bonds is 3. The van der Waals surface area contributed by atoms with E-state index in [1.165, 1.54) is 30.3 Å². The normalized spacial score (nSPS) is 11.4. The van der Waals surface area contributed by atoms with E-state index in [2.05, 4.69) is 4.72 Å². The maximum Gasteiger partial charge on any atom is 0.271 e. The lowest BCUT2D eigenvalue weighted by atomic mass is 10.3. The van der Waals surface area contributed by atoms with Crippen molar-refractivity contribution in [1.29, 1.82) is 0 Å². The Morgan fingerprint density at radius 2 is 1.89 bits per heavy atom. The summed E-state index contributed by atoms with van der Waals surface area (Å²) in [6.07, 6.45) is 0. The predicted molar refractivity (Wildman–Crippen MR) is 76.0 cm³/mol. The summed E-state index contributed by atoms with van der Waals surface area (Å²) >= 11 is 12.5. The Bertz CT molecular complexity index is 683. The van der Waals surface area contributed by atoms with Gasteiger partial charge in [0.1, 0.15) is 4.21 Å². The predicted octanol–water partition coefficient (Wildman–Crippen LogP) is 3.44. The van der Waals surface area contributed by atoms with Crippen LogP contribution in [0.4, 0.5) is 11.4 Å². The Morgan fingerprint density at radius 3 is 2.44 bits per heavy atom. The van der Waals surface area contributed by atoms with Crippen molar-refractivity contribution in [3.63, 3.8) is 0 Å². The van der Waals surface area contributed by atoms with Gasteiger partial charge in [-0.2, -0.15) is 0 Å². The van der Waals surface area contributed by atoms with Gasteiger partial charge in [-0.3, -0.25) is 4.72 Å². The van der Waals surface area contributed by atoms with Crippen molar-refractivity contribution in [1.82, 2.24) is 0 Å². The van der Waals surface area contributed by atoms with Gasteiger partial charge < -0.3 is 5.73 Å². The van der Waals surface area contributed by atoms with E-state index < -0.39 is 10.0 Å². The molecule has 0 radical (unpaired) electrons. The van der Waals surface area contributed by atoms with Crippen LogP contribution in [0.15, 0.2) is 34.5 Å². The highest BCUT2D eigenvalue weighted by atomic mass is 35.5. The average molecular weight is 323 g/mol. The van der Waals surface area contributed by atoms with Crippen LogP contribution in [0.2, 0.25) is 9.36 Å². The Hall–Kier alpha value is -0.950. The fourth-order valence-electron chi connectivity index (χ4n) is 1.24. The largest absolute Gasteiger partial charge is 0.398 e. The Balaban J connectivity index is 2.30. The van der Waals surface area contributed by atoms with E-state index in [9.17, 15) is 8.42 Å². The van der Waals surface area contributed by atoms with Crippen molar-refractivity contribution in [2.24, 2.45) is 0 Å². The molecule has 0 aliphatic carbocycles. The average Bonchev–Trinajstić information content (AvgIpc) is 2.71. The zero-order valence-electron chi connectivity index (χ0n) is 8.85. The molecule has 1 aromatic heterocycles. The molecular formula is C10H8Cl2N2O2S2. The summed E-state index contributed by atoms with van der Waals surface area (Å²) in [6, 6.07) is 7.48. The van der Waals surface area contributed by atoms with Crippen LogP contribution >= 0.6 is 34.5 Å². The number of hydrogen-bond donors (Lipinski definition) is 2. The summed E-state index contributed by atoms with van der Waals surface area (Å²) in [6.45, 7) is 0. The second-order valence-electron chi connectivity index (χ2n) is 3.40. The van der Waals surface area contributed by atoms with E-state index in [4.69, 9.17) is 28.9 Å². The standard InChI is InChI=1S/C10H8Cl2N2O2S2/c11-7-5-6(1-2-8(7)13)14-18(15,16)10-4-3-9(12)17-10/h1-5,14H,13H2. The molecule has 8 heteroatoms. The molecule has 0 aliphatic heterocycles. The van der Waals surface area contributed by atoms with Crippen molar-refractivity contribution in [2.45, 2.75) is 4.21 Å². The van der Waals surface area contributed by atoms with Gasteiger partial charge >= 0.3 is 0 Å². The lowest BCUT2D eigenvalue weighted by Gasteiger charge is -2.07. The number of nitrogens with one attached hydrogen (secondary N) is 1. The summed E-state index contributed by atoms with van der Waals surface area (Å²) in [4.78, 5) is 0. The molecule has 0 fully saturated rings. The number of benzene rings is 1. The van der Waals surface area contributed by atoms with Gasteiger partial charge in [-0.1, -0.05) is 23.2 Å². The number of nitrogens with two attached hydrogens (primary N) is 1. The minimum Gasteiger partial charge on any atom is -0.398 e. The molecule has 4 nitrogen and oxygen atoms in total. The minimum atomic E-state index is -3.64. The maximum absolute atomic E-state index is 12.0. The highest BCUT2D eigenvalue weighted by Crippen LogP contribution is 2.28. The molecule has 2 aromatic rings. The molecule has 3 N–H and O–H groups in total. The summed E-state index contributed by atoms with van der Waals surface area (Å²) in [7, 11) is -3.64. The molecule has 0 aliphatic rings. The van der Waals surface area contributed by atoms with E-state index in [1.807, 2.05) is 0 Å². The molecule has 0 bridgehead atoms. The second kappa shape index (κ2) is 4.97. The molecule has 96 valence electrons. The monoisotopic (exact) mass is 322 g/mol. The zero-order chi connectivity index (χ0) is 13.3. The maximum atomic E-state index is 12.0. The zero-order valence-corrected chi connectivity index (χ0v) is 12.0. The lowest BCUT2D eigenvalue weighted by molar-refractivity contribution is 0.603. The Labute approximate surface area is 118 Å². The lowest BCUT2D eigenvalue weighted by Crippen LogP contribution is -2.11. The molecule has 0 spiro atoms. The summed E-state index contributed by atoms with van der Waals surface area (Å²) in [5.41, 5.74) is 6.28. The third-order valence-corrected chi connectivity index (χ3v) is 5.50. The van der Waals surface area contributed by atoms with Crippen LogP contribution in [0, 0.1) is 0 Å². The molecule has 0 unspecified atom stereocenters. The number of sulfonamides is 1. The summed E-state index contributed by atoms with van der Waals surface area (Å²) in [5.74, 6) is 0. The smallest absolute Gasteiger partial charge is 0.271 e. The van der Waals surface area contributed by atoms with E-state index in [0.29, 0.717) is 20.7 Å². The Morgan fingerprint density at radius 1 is 1.17 bits per heavy atom. The summed E-state index contributed by atoms with van der Waals surface area (Å²) < 4.78 is 26.9. The van der Waals surface area contributed by atoms with Crippen molar-refractivity contribution < 1.29 is 8.42 Å². The molecule has 0 atom stereocenters. The van der Waals surface area contributed by atoms with E-state index in [-0.39, 0.29) is 4.21 Å². The van der Waals surface area contributed by atoms with Gasteiger partial charge in [0, 0.05) is 0 Å². The van der Waals surface area contributed by atoms with Gasteiger partial charge in [-0.15, -0.1) is 11.3 Å². The molecule has 0 saturated carbocycles. The first-order chi connectivity index (χ1) is 8.38. The van der Waals surface area contributed by atoms with Gasteiger partial charge in [0.25, 0.3) is 10.0 Å². The van der Waals surface area contributed by atoms with Crippen LogP contribution in [0.3, 0.4) is 0 Å². The summed E-state index contributed by atoms with van der Waals surface area (Å²) in [5, 5.41) is 0.291. The van der Waals surface area contributed by atoms with E-state index in [1.54, 1.807) is 0 Å². The number of nitrogen functional groups attached to an aromatic ring is 1. The Kier molecular flexibility index (Phi) is 3.72. The van der Waals surface area contributed by atoms with Crippen molar-refractivity contribution in [3.8, 4) is 0 Å². The van der Waals surface area contributed by atoms with Gasteiger partial charge in [-0.05, 0) is 30.3 Å². The van der Waals surface area contributed by atoms with Crippen LogP contribution in [0.1, 0.15) is 0 Å². The van der Waals surface area contributed by atoms with Crippen LogP contribution in [-0.2, 0) is 10.0 Å². The third-order valence-electron chi connectivity index (χ3n) is 2.07. The van der Waals surface area contributed by atoms with Gasteiger partial charge in [0.15, 0.2) is 0 Å². The highest BCUT2D eigenvalue weighted by Gasteiger charge is 2.16. The van der Waals surface area contributed by atoms with E-state index >= 15 is 0 Å². The molecule has 0 saturated heterocycles. The van der Waals surface area contributed by atoms with Crippen LogP contribution in [0.25, 0.3) is 0 Å². The van der Waals surface area contributed by atoms with E-state index in [0.717, 1.165) is 11.3 Å². The SMILES string of the molecule is Nc1ccc(NS(=O)(=O)c2ccc(Cl)s2)cc1Cl. The minimum absolute atomic E-state index is 0.139. The van der Waals surface area contributed by atoms with Crippen molar-refractivity contribution >= 4 is 55.9 Å². The topological polar surface area (TPSA) is 72.2 Å². The molecule has 0 amide bonds. The second-order valence-corrected chi connectivity index (χ2v) is 7.43. The number of hydrogen-bond acceptors (Lipinski definition) is 4. The van der Waals surface area contributed by atoms with Crippen LogP contribution in [0.5, 0.6) is 0 Å². The molecule has 1 heterocycles. The third kappa shape index (κ3) is 2.89. The van der Waals surface area contributed by atoms with Crippen LogP contribution < -0.4 is 10.5 Å². The van der Waals surface area contributed by atoms with Gasteiger partial charge in [0.2, 0.25) is 0 Å².